The quantitative estimate of drug-likeness (QED) is 0.852. The lowest BCUT2D eigenvalue weighted by Crippen LogP contribution is -2.38. The smallest absolute Gasteiger partial charge is 0.0794 e. The molecule has 1 saturated carbocycles. The number of thiazole rings is 1. The number of nitrogens with zero attached hydrogens (tertiary/aromatic N) is 1. The van der Waals surface area contributed by atoms with Crippen molar-refractivity contribution in [3.63, 3.8) is 0 Å². The third-order valence-corrected chi connectivity index (χ3v) is 4.62. The van der Waals surface area contributed by atoms with Gasteiger partial charge in [-0.05, 0) is 31.2 Å². The van der Waals surface area contributed by atoms with E-state index in [1.54, 1.807) is 11.3 Å². The summed E-state index contributed by atoms with van der Waals surface area (Å²) in [5, 5.41) is 3.67. The summed E-state index contributed by atoms with van der Waals surface area (Å²) in [6.45, 7) is 5.70. The zero-order valence-electron chi connectivity index (χ0n) is 10.3. The second-order valence-electron chi connectivity index (χ2n) is 4.91. The lowest BCUT2D eigenvalue weighted by Gasteiger charge is -2.27. The molecule has 0 saturated heterocycles. The molecule has 0 bridgehead atoms. The number of nitrogens with one attached hydrogen (secondary N) is 1. The summed E-state index contributed by atoms with van der Waals surface area (Å²) in [5.41, 5.74) is 1.94. The average molecular weight is 238 g/mol. The summed E-state index contributed by atoms with van der Waals surface area (Å²) >= 11 is 1.79. The molecule has 2 nitrogen and oxygen atoms in total. The normalized spacial score (nSPS) is 27.1. The Kier molecular flexibility index (Phi) is 4.36. The van der Waals surface area contributed by atoms with Crippen molar-refractivity contribution in [1.82, 2.24) is 10.3 Å². The van der Waals surface area contributed by atoms with Crippen molar-refractivity contribution in [3.05, 3.63) is 16.6 Å². The lowest BCUT2D eigenvalue weighted by molar-refractivity contribution is 0.299. The van der Waals surface area contributed by atoms with Gasteiger partial charge >= 0.3 is 0 Å². The van der Waals surface area contributed by atoms with Crippen LogP contribution in [0.5, 0.6) is 0 Å². The summed E-state index contributed by atoms with van der Waals surface area (Å²) in [6, 6.07) is 0.656. The van der Waals surface area contributed by atoms with Crippen LogP contribution < -0.4 is 5.32 Å². The lowest BCUT2D eigenvalue weighted by atomic mass is 9.88. The molecule has 0 aromatic carbocycles. The van der Waals surface area contributed by atoms with E-state index in [1.807, 2.05) is 11.7 Å². The molecule has 0 radical (unpaired) electrons. The SMILES string of the molecule is CCNC(Cc1cncs1)C1CCCC1C. The van der Waals surface area contributed by atoms with Crippen LogP contribution in [0.2, 0.25) is 0 Å². The van der Waals surface area contributed by atoms with Gasteiger partial charge in [-0.15, -0.1) is 11.3 Å². The second kappa shape index (κ2) is 5.78. The van der Waals surface area contributed by atoms with E-state index in [0.29, 0.717) is 6.04 Å². The number of aromatic nitrogens is 1. The highest BCUT2D eigenvalue weighted by molar-refractivity contribution is 7.09. The van der Waals surface area contributed by atoms with Crippen molar-refractivity contribution < 1.29 is 0 Å². The van der Waals surface area contributed by atoms with Crippen molar-refractivity contribution in [1.29, 1.82) is 0 Å². The van der Waals surface area contributed by atoms with Crippen molar-refractivity contribution in [2.45, 2.75) is 45.6 Å². The number of hydrogen-bond donors (Lipinski definition) is 1. The van der Waals surface area contributed by atoms with Crippen LogP contribution in [0.1, 0.15) is 38.0 Å². The summed E-state index contributed by atoms with van der Waals surface area (Å²) in [6.07, 6.45) is 7.41. The fourth-order valence-electron chi connectivity index (χ4n) is 2.97. The van der Waals surface area contributed by atoms with Crippen LogP contribution >= 0.6 is 11.3 Å². The molecule has 1 heterocycles. The molecule has 90 valence electrons. The van der Waals surface area contributed by atoms with E-state index in [9.17, 15) is 0 Å². The van der Waals surface area contributed by atoms with Gasteiger partial charge in [0.15, 0.2) is 0 Å². The molecule has 1 aromatic heterocycles. The molecule has 16 heavy (non-hydrogen) atoms. The van der Waals surface area contributed by atoms with Crippen molar-refractivity contribution in [2.75, 3.05) is 6.54 Å². The topological polar surface area (TPSA) is 24.9 Å². The molecular weight excluding hydrogens is 216 g/mol. The highest BCUT2D eigenvalue weighted by Gasteiger charge is 2.30. The van der Waals surface area contributed by atoms with Crippen LogP contribution in [0, 0.1) is 11.8 Å². The fraction of sp³-hybridized carbons (Fsp3) is 0.769. The Labute approximate surface area is 102 Å². The molecule has 1 aliphatic carbocycles. The van der Waals surface area contributed by atoms with E-state index in [2.05, 4.69) is 24.1 Å². The molecule has 2 rings (SSSR count). The van der Waals surface area contributed by atoms with Gasteiger partial charge < -0.3 is 5.32 Å². The predicted octanol–water partition coefficient (Wildman–Crippen LogP) is 3.10. The first-order valence-corrected chi connectivity index (χ1v) is 7.30. The van der Waals surface area contributed by atoms with E-state index in [-0.39, 0.29) is 0 Å². The monoisotopic (exact) mass is 238 g/mol. The zero-order chi connectivity index (χ0) is 11.4. The standard InChI is InChI=1S/C13H22N2S/c1-3-15-13(7-11-8-14-9-16-11)12-6-4-5-10(12)2/h8-10,12-13,15H,3-7H2,1-2H3. The third-order valence-electron chi connectivity index (χ3n) is 3.82. The maximum Gasteiger partial charge on any atom is 0.0794 e. The molecular formula is C13H22N2S. The summed E-state index contributed by atoms with van der Waals surface area (Å²) in [5.74, 6) is 1.75. The molecule has 1 fully saturated rings. The van der Waals surface area contributed by atoms with Crippen LogP contribution in [0.3, 0.4) is 0 Å². The highest BCUT2D eigenvalue weighted by Crippen LogP contribution is 2.34. The Morgan fingerprint density at radius 2 is 2.44 bits per heavy atom. The van der Waals surface area contributed by atoms with Crippen LogP contribution in [0.25, 0.3) is 0 Å². The van der Waals surface area contributed by atoms with Crippen LogP contribution in [0.15, 0.2) is 11.7 Å². The first-order valence-electron chi connectivity index (χ1n) is 6.42. The van der Waals surface area contributed by atoms with Crippen molar-refractivity contribution in [3.8, 4) is 0 Å². The Hall–Kier alpha value is -0.410. The van der Waals surface area contributed by atoms with Gasteiger partial charge in [0.1, 0.15) is 0 Å². The van der Waals surface area contributed by atoms with Gasteiger partial charge in [0.2, 0.25) is 0 Å². The van der Waals surface area contributed by atoms with E-state index < -0.39 is 0 Å². The van der Waals surface area contributed by atoms with E-state index in [1.165, 1.54) is 24.1 Å². The number of likely N-dealkylation sites (N-methyl/N-ethyl adjacent to an activating group) is 1. The first-order chi connectivity index (χ1) is 7.81. The number of rotatable bonds is 5. The number of hydrogen-bond acceptors (Lipinski definition) is 3. The Balaban J connectivity index is 1.99. The average Bonchev–Trinajstić information content (AvgIpc) is 2.88. The van der Waals surface area contributed by atoms with Crippen LogP contribution in [-0.4, -0.2) is 17.6 Å². The molecule has 1 aromatic rings. The molecule has 3 heteroatoms. The van der Waals surface area contributed by atoms with Crippen molar-refractivity contribution in [2.24, 2.45) is 11.8 Å². The van der Waals surface area contributed by atoms with Gasteiger partial charge in [0.25, 0.3) is 0 Å². The summed E-state index contributed by atoms with van der Waals surface area (Å²) in [4.78, 5) is 5.59. The van der Waals surface area contributed by atoms with Crippen molar-refractivity contribution >= 4 is 11.3 Å². The fourth-order valence-corrected chi connectivity index (χ4v) is 3.62. The summed E-state index contributed by atoms with van der Waals surface area (Å²) in [7, 11) is 0. The molecule has 0 amide bonds. The van der Waals surface area contributed by atoms with Gasteiger partial charge in [-0.2, -0.15) is 0 Å². The van der Waals surface area contributed by atoms with E-state index in [4.69, 9.17) is 0 Å². The maximum atomic E-state index is 4.17. The second-order valence-corrected chi connectivity index (χ2v) is 5.88. The molecule has 1 N–H and O–H groups in total. The van der Waals surface area contributed by atoms with Gasteiger partial charge in [0.05, 0.1) is 5.51 Å². The third kappa shape index (κ3) is 2.83. The Bertz CT molecular complexity index is 297. The summed E-state index contributed by atoms with van der Waals surface area (Å²) < 4.78 is 0. The maximum absolute atomic E-state index is 4.17. The largest absolute Gasteiger partial charge is 0.314 e. The van der Waals surface area contributed by atoms with Gasteiger partial charge in [-0.1, -0.05) is 26.7 Å². The van der Waals surface area contributed by atoms with Gasteiger partial charge in [-0.25, -0.2) is 0 Å². The zero-order valence-corrected chi connectivity index (χ0v) is 11.1. The Morgan fingerprint density at radius 1 is 1.56 bits per heavy atom. The van der Waals surface area contributed by atoms with Gasteiger partial charge in [-0.3, -0.25) is 4.98 Å². The van der Waals surface area contributed by atoms with Gasteiger partial charge in [0, 0.05) is 17.1 Å². The van der Waals surface area contributed by atoms with Crippen LogP contribution in [-0.2, 0) is 6.42 Å². The molecule has 0 aliphatic heterocycles. The predicted molar refractivity (Wildman–Crippen MR) is 69.8 cm³/mol. The molecule has 1 aliphatic rings. The highest BCUT2D eigenvalue weighted by atomic mass is 32.1. The van der Waals surface area contributed by atoms with E-state index in [0.717, 1.165) is 24.8 Å². The molecule has 3 atom stereocenters. The molecule has 3 unspecified atom stereocenters. The molecule has 0 spiro atoms. The minimum atomic E-state index is 0.656. The van der Waals surface area contributed by atoms with Crippen LogP contribution in [0.4, 0.5) is 0 Å². The minimum absolute atomic E-state index is 0.656. The first kappa shape index (κ1) is 12.1. The minimum Gasteiger partial charge on any atom is -0.314 e. The Morgan fingerprint density at radius 3 is 3.00 bits per heavy atom. The van der Waals surface area contributed by atoms with E-state index >= 15 is 0 Å².